The Labute approximate surface area is 556 Å². The topological polar surface area (TPSA) is 415 Å². The van der Waals surface area contributed by atoms with Crippen LogP contribution in [0.25, 0.3) is 0 Å². The van der Waals surface area contributed by atoms with Crippen LogP contribution < -0.4 is 5.32 Å². The van der Waals surface area contributed by atoms with E-state index in [2.05, 4.69) is 34.1 Å². The molecule has 0 saturated carbocycles. The van der Waals surface area contributed by atoms with Gasteiger partial charge in [-0.25, -0.2) is 13.2 Å². The van der Waals surface area contributed by atoms with Gasteiger partial charge in [-0.15, -0.1) is 0 Å². The maximum atomic E-state index is 13.3. The highest BCUT2D eigenvalue weighted by Crippen LogP contribution is 2.48. The van der Waals surface area contributed by atoms with E-state index < -0.39 is 154 Å². The van der Waals surface area contributed by atoms with Crippen LogP contribution >= 0.6 is 0 Å². The number of amides is 1. The maximum Gasteiger partial charge on any atom is 0.397 e. The van der Waals surface area contributed by atoms with Crippen molar-refractivity contribution >= 4 is 38.6 Å². The fourth-order valence-electron chi connectivity index (χ4n) is 13.5. The number of aliphatic hydroxyl groups is 7. The second-order valence-corrected chi connectivity index (χ2v) is 29.1. The van der Waals surface area contributed by atoms with Crippen LogP contribution in [0, 0.1) is 17.8 Å². The Morgan fingerprint density at radius 2 is 1.61 bits per heavy atom. The van der Waals surface area contributed by atoms with Crippen LogP contribution in [0.2, 0.25) is 0 Å². The van der Waals surface area contributed by atoms with Gasteiger partial charge in [0.15, 0.2) is 17.2 Å². The molecule has 10 N–H and O–H groups in total. The Hall–Kier alpha value is -3.97. The number of aliphatic hydroxyl groups excluding tert-OH is 6. The lowest BCUT2D eigenvalue weighted by Gasteiger charge is -2.50. The first-order valence-corrected chi connectivity index (χ1v) is 35.7. The quantitative estimate of drug-likeness (QED) is 0.0203. The lowest BCUT2D eigenvalue weighted by atomic mass is 9.79. The molecular weight excluding hydrogens is 1290 g/mol. The molecular formula is C65H101NO27S2. The zero-order valence-corrected chi connectivity index (χ0v) is 56.7. The van der Waals surface area contributed by atoms with Crippen LogP contribution in [0.15, 0.2) is 71.9 Å². The van der Waals surface area contributed by atoms with Gasteiger partial charge in [0.05, 0.1) is 68.5 Å². The summed E-state index contributed by atoms with van der Waals surface area (Å²) in [6.45, 7) is 14.2. The highest BCUT2D eigenvalue weighted by molar-refractivity contribution is 7.81. The normalized spacial score (nSPS) is 33.9. The molecule has 0 aliphatic carbocycles. The second-order valence-electron chi connectivity index (χ2n) is 27.0. The predicted octanol–water partition coefficient (Wildman–Crippen LogP) is 4.04. The highest BCUT2D eigenvalue weighted by atomic mass is 32.3. The van der Waals surface area contributed by atoms with Crippen LogP contribution in [0.1, 0.15) is 157 Å². The first-order chi connectivity index (χ1) is 44.6. The lowest BCUT2D eigenvalue weighted by Crippen LogP contribution is -2.60. The van der Waals surface area contributed by atoms with Gasteiger partial charge in [0.2, 0.25) is 11.7 Å². The molecule has 4 unspecified atom stereocenters. The second kappa shape index (κ2) is 34.4. The van der Waals surface area contributed by atoms with E-state index in [9.17, 15) is 67.0 Å². The zero-order valence-electron chi connectivity index (χ0n) is 55.1. The summed E-state index contributed by atoms with van der Waals surface area (Å²) in [6, 6.07) is 0. The molecule has 0 bridgehead atoms. The molecule has 95 heavy (non-hydrogen) atoms. The number of hydrogen-bond acceptors (Lipinski definition) is 25. The third-order valence-electron chi connectivity index (χ3n) is 18.7. The first-order valence-electron chi connectivity index (χ1n) is 33.0. The largest absolute Gasteiger partial charge is 0.461 e. The molecule has 6 fully saturated rings. The van der Waals surface area contributed by atoms with E-state index in [1.807, 2.05) is 26.0 Å². The van der Waals surface area contributed by atoms with Crippen molar-refractivity contribution in [2.75, 3.05) is 33.0 Å². The molecule has 540 valence electrons. The molecule has 0 aromatic carbocycles. The Morgan fingerprint density at radius 1 is 0.874 bits per heavy atom. The fraction of sp³-hybridized carbons (Fsp3) is 0.769. The van der Waals surface area contributed by atoms with Gasteiger partial charge < -0.3 is 83.7 Å². The Kier molecular flexibility index (Phi) is 28.4. The Bertz CT molecular complexity index is 2970. The molecule has 7 aliphatic heterocycles. The third kappa shape index (κ3) is 23.0. The highest BCUT2D eigenvalue weighted by Gasteiger charge is 2.55. The van der Waals surface area contributed by atoms with Crippen molar-refractivity contribution in [3.05, 3.63) is 71.9 Å². The fourth-order valence-corrected chi connectivity index (χ4v) is 14.4. The molecule has 7 aliphatic rings. The summed E-state index contributed by atoms with van der Waals surface area (Å²) in [5, 5.41) is 79.1. The Morgan fingerprint density at radius 3 is 2.33 bits per heavy atom. The SMILES string of the molecule is C=C1[C@@H](O)[C@@H]2O[C@]3(CC[C@H](/C=C/[C@@H](C)[C@@H]4CC(C)=C[C@@]5(O[C@H](C[C@@](C)(O)C(=O)OC/C(C)=C/C=C/COC(=O)C/C=C/CCC(=O)NCC(O)CC(O)C(OS(=O)(=O)O)C(O)COS(=O)(=O)O)CC[C@H]5O)O4)O3)CC[C@H]2O[C@@H]1[C@@H](O)C[C@H](C)[C@H]1O[C@@]2(CCCCO2)CC[C@H]1C. The van der Waals surface area contributed by atoms with E-state index in [0.29, 0.717) is 68.6 Å². The van der Waals surface area contributed by atoms with Crippen molar-refractivity contribution < 1.29 is 127 Å². The van der Waals surface area contributed by atoms with Crippen molar-refractivity contribution in [3.63, 3.8) is 0 Å². The van der Waals surface area contributed by atoms with Crippen molar-refractivity contribution in [1.29, 1.82) is 0 Å². The number of rotatable bonds is 31. The molecule has 1 amide bonds. The summed E-state index contributed by atoms with van der Waals surface area (Å²) in [7, 11) is -10.4. The van der Waals surface area contributed by atoms with Crippen molar-refractivity contribution in [2.45, 2.75) is 266 Å². The van der Waals surface area contributed by atoms with Gasteiger partial charge in [-0.2, -0.15) is 16.8 Å². The summed E-state index contributed by atoms with van der Waals surface area (Å²) in [5.41, 5.74) is -0.0416. The molecule has 6 saturated heterocycles. The number of esters is 2. The molecule has 7 heterocycles. The van der Waals surface area contributed by atoms with Gasteiger partial charge in [0, 0.05) is 57.4 Å². The van der Waals surface area contributed by atoms with Gasteiger partial charge in [-0.1, -0.05) is 69.4 Å². The molecule has 0 aromatic rings. The van der Waals surface area contributed by atoms with Crippen LogP contribution in [-0.2, 0) is 86.2 Å². The van der Waals surface area contributed by atoms with Gasteiger partial charge in [0.25, 0.3) is 0 Å². The molecule has 3 spiro atoms. The predicted molar refractivity (Wildman–Crippen MR) is 337 cm³/mol. The van der Waals surface area contributed by atoms with Crippen LogP contribution in [-0.4, -0.2) is 221 Å². The Balaban J connectivity index is 0.779. The number of carbonyl (C=O) groups excluding carboxylic acids is 3. The molecule has 7 rings (SSSR count). The first kappa shape index (κ1) is 78.4. The van der Waals surface area contributed by atoms with Gasteiger partial charge in [-0.3, -0.25) is 18.7 Å². The number of hydrogen-bond donors (Lipinski definition) is 10. The summed E-state index contributed by atoms with van der Waals surface area (Å²) < 4.78 is 126. The number of fused-ring (bicyclic) bond motifs is 1. The molecule has 28 nitrogen and oxygen atoms in total. The summed E-state index contributed by atoms with van der Waals surface area (Å²) in [6.07, 6.45) is 7.02. The lowest BCUT2D eigenvalue weighted by molar-refractivity contribution is -0.321. The minimum atomic E-state index is -5.31. The number of allylic oxidation sites excluding steroid dienone is 3. The summed E-state index contributed by atoms with van der Waals surface area (Å²) in [5.74, 6) is -4.87. The van der Waals surface area contributed by atoms with Gasteiger partial charge in [0.1, 0.15) is 49.8 Å². The number of ether oxygens (including phenoxy) is 9. The minimum absolute atomic E-state index is 0.0113. The number of nitrogens with one attached hydrogen (secondary N) is 1. The molecule has 21 atom stereocenters. The monoisotopic (exact) mass is 1390 g/mol. The van der Waals surface area contributed by atoms with Crippen molar-refractivity contribution in [2.24, 2.45) is 17.8 Å². The standard InChI is InChI=1S/C65H101NO27S2/c1-39(15-11-13-29-83-55(73)17-10-8-9-16-54(72)66-36-45(67)33-49(69)59(93-95(80,81)82)50(70)38-86-94(77,78)79)37-84-61(75)62(7,76)35-47-20-21-53(71)65(89-47)34-40(2)31-52(90-65)41(3)18-19-46-23-27-64(88-46)28-24-51-60(92-64)56(74)44(6)58(87-51)48(68)32-43(5)57-42(4)22-26-63(91-57)25-12-14-30-85-63/h8,10-11,13,15,18-19,34,41-43,45-53,56-60,67-71,74,76H,6,9,12,14,16-17,20-33,35-38H2,1-5,7H3,(H,66,72)(H,77,78,79)(H,80,81,82)/b10-8+,13-11+,19-18+,39-15+/t41-,42-,43+,45?,46+,47+,48+,49?,50?,51-,52+,53-,56-,57+,58+,59?,60-,62-,63+,64-,65-/m1/s1. The van der Waals surface area contributed by atoms with Crippen LogP contribution in [0.3, 0.4) is 0 Å². The van der Waals surface area contributed by atoms with E-state index in [1.165, 1.54) is 13.0 Å². The molecule has 0 radical (unpaired) electrons. The number of carbonyl (C=O) groups is 3. The zero-order chi connectivity index (χ0) is 69.7. The van der Waals surface area contributed by atoms with Crippen molar-refractivity contribution in [1.82, 2.24) is 5.32 Å². The average molecular weight is 1390 g/mol. The third-order valence-corrected chi connectivity index (χ3v) is 19.6. The summed E-state index contributed by atoms with van der Waals surface area (Å²) >= 11 is 0. The van der Waals surface area contributed by atoms with E-state index in [1.54, 1.807) is 37.3 Å². The van der Waals surface area contributed by atoms with E-state index in [-0.39, 0.29) is 69.4 Å². The van der Waals surface area contributed by atoms with E-state index >= 15 is 0 Å². The maximum absolute atomic E-state index is 13.3. The van der Waals surface area contributed by atoms with Crippen LogP contribution in [0.5, 0.6) is 0 Å². The molecule has 0 aromatic heterocycles. The average Bonchev–Trinajstić information content (AvgIpc) is 1.74. The van der Waals surface area contributed by atoms with Gasteiger partial charge in [-0.05, 0) is 120 Å². The molecule has 30 heteroatoms. The minimum Gasteiger partial charge on any atom is -0.461 e. The van der Waals surface area contributed by atoms with Crippen molar-refractivity contribution in [3.8, 4) is 0 Å². The van der Waals surface area contributed by atoms with Gasteiger partial charge >= 0.3 is 32.7 Å². The van der Waals surface area contributed by atoms with Crippen LogP contribution in [0.4, 0.5) is 0 Å². The van der Waals surface area contributed by atoms with E-state index in [4.69, 9.17) is 51.7 Å². The smallest absolute Gasteiger partial charge is 0.397 e. The summed E-state index contributed by atoms with van der Waals surface area (Å²) in [4.78, 5) is 37.8. The van der Waals surface area contributed by atoms with E-state index in [0.717, 1.165) is 37.7 Å².